The molecule has 1 aliphatic carbocycles. The van der Waals surface area contributed by atoms with Gasteiger partial charge in [0.05, 0.1) is 6.07 Å². The van der Waals surface area contributed by atoms with Gasteiger partial charge in [-0.15, -0.1) is 0 Å². The molecule has 4 heteroatoms. The van der Waals surface area contributed by atoms with Gasteiger partial charge in [0.2, 0.25) is 5.78 Å². The second-order valence-electron chi connectivity index (χ2n) is 4.61. The van der Waals surface area contributed by atoms with Crippen LogP contribution in [0.4, 0.5) is 0 Å². The van der Waals surface area contributed by atoms with Gasteiger partial charge in [-0.1, -0.05) is 37.6 Å². The lowest BCUT2D eigenvalue weighted by atomic mass is 10.0. The van der Waals surface area contributed by atoms with Gasteiger partial charge in [-0.25, -0.2) is 0 Å². The first-order chi connectivity index (χ1) is 8.65. The Hall–Kier alpha value is -1.08. The van der Waals surface area contributed by atoms with E-state index in [1.807, 2.05) is 6.07 Å². The van der Waals surface area contributed by atoms with Crippen molar-refractivity contribution in [2.45, 2.75) is 56.6 Å². The third kappa shape index (κ3) is 5.05. The molecule has 0 radical (unpaired) electrons. The van der Waals surface area contributed by atoms with E-state index in [1.54, 1.807) is 0 Å². The molecule has 1 aliphatic rings. The Bertz CT molecular complexity index is 364. The van der Waals surface area contributed by atoms with Gasteiger partial charge in [-0.05, 0) is 31.3 Å². The van der Waals surface area contributed by atoms with Crippen molar-refractivity contribution in [2.75, 3.05) is 0 Å². The molecule has 0 amide bonds. The molecule has 0 heterocycles. The summed E-state index contributed by atoms with van der Waals surface area (Å²) in [7, 11) is 0. The molecule has 0 aliphatic heterocycles. The van der Waals surface area contributed by atoms with E-state index in [9.17, 15) is 9.59 Å². The number of unbranched alkanes of at least 4 members (excludes halogenated alkanes) is 1. The number of hydrogen-bond acceptors (Lipinski definition) is 4. The normalized spacial score (nSPS) is 15.9. The van der Waals surface area contributed by atoms with E-state index in [-0.39, 0.29) is 5.12 Å². The number of nitrogens with zero attached hydrogens (tertiary/aromatic N) is 1. The zero-order valence-electron chi connectivity index (χ0n) is 10.6. The minimum absolute atomic E-state index is 0.308. The quantitative estimate of drug-likeness (QED) is 0.419. The molecule has 0 N–H and O–H groups in total. The maximum atomic E-state index is 11.8. The molecule has 18 heavy (non-hydrogen) atoms. The number of ketones is 1. The Morgan fingerprint density at radius 3 is 2.56 bits per heavy atom. The minimum atomic E-state index is -0.455. The highest BCUT2D eigenvalue weighted by Crippen LogP contribution is 2.29. The SMILES string of the molecule is C=C(CCCC#N)C(=O)C(=O)SC1CCCCC1. The highest BCUT2D eigenvalue weighted by atomic mass is 32.2. The summed E-state index contributed by atoms with van der Waals surface area (Å²) < 4.78 is 0. The van der Waals surface area contributed by atoms with E-state index in [0.29, 0.717) is 30.1 Å². The standard InChI is InChI=1S/C14H19NO2S/c1-11(7-5-6-10-15)13(16)14(17)18-12-8-3-2-4-9-12/h12H,1-9H2. The van der Waals surface area contributed by atoms with Crippen LogP contribution in [0.1, 0.15) is 51.4 Å². The van der Waals surface area contributed by atoms with Crippen LogP contribution in [-0.2, 0) is 9.59 Å². The van der Waals surface area contributed by atoms with Gasteiger partial charge in [0.15, 0.2) is 0 Å². The molecule has 0 bridgehead atoms. The number of rotatable bonds is 6. The number of hydrogen-bond donors (Lipinski definition) is 0. The molecule has 0 spiro atoms. The average Bonchev–Trinajstić information content (AvgIpc) is 2.39. The third-order valence-corrected chi connectivity index (χ3v) is 4.30. The first-order valence-electron chi connectivity index (χ1n) is 6.45. The van der Waals surface area contributed by atoms with Gasteiger partial charge in [0, 0.05) is 11.7 Å². The summed E-state index contributed by atoms with van der Waals surface area (Å²) in [5.41, 5.74) is 0.346. The summed E-state index contributed by atoms with van der Waals surface area (Å²) in [6.07, 6.45) is 7.06. The van der Waals surface area contributed by atoms with Crippen LogP contribution in [0.2, 0.25) is 0 Å². The molecule has 0 atom stereocenters. The largest absolute Gasteiger partial charge is 0.285 e. The van der Waals surface area contributed by atoms with Crippen LogP contribution in [0.3, 0.4) is 0 Å². The molecule has 98 valence electrons. The predicted octanol–water partition coefficient (Wildman–Crippen LogP) is 3.40. The van der Waals surface area contributed by atoms with Crippen LogP contribution in [0, 0.1) is 11.3 Å². The van der Waals surface area contributed by atoms with Crippen molar-refractivity contribution in [3.63, 3.8) is 0 Å². The number of carbonyl (C=O) groups is 2. The Morgan fingerprint density at radius 1 is 1.28 bits per heavy atom. The molecule has 0 saturated heterocycles. The van der Waals surface area contributed by atoms with Crippen LogP contribution in [0.5, 0.6) is 0 Å². The van der Waals surface area contributed by atoms with Crippen molar-refractivity contribution < 1.29 is 9.59 Å². The van der Waals surface area contributed by atoms with Gasteiger partial charge in [-0.3, -0.25) is 9.59 Å². The van der Waals surface area contributed by atoms with Gasteiger partial charge in [-0.2, -0.15) is 5.26 Å². The van der Waals surface area contributed by atoms with Crippen molar-refractivity contribution in [3.8, 4) is 6.07 Å². The highest BCUT2D eigenvalue weighted by molar-refractivity contribution is 8.16. The molecule has 0 unspecified atom stereocenters. The van der Waals surface area contributed by atoms with Crippen molar-refractivity contribution >= 4 is 22.7 Å². The smallest absolute Gasteiger partial charge is 0.259 e. The molecular weight excluding hydrogens is 246 g/mol. The molecule has 3 nitrogen and oxygen atoms in total. The molecule has 1 fully saturated rings. The summed E-state index contributed by atoms with van der Waals surface area (Å²) in [5, 5.41) is 8.34. The van der Waals surface area contributed by atoms with E-state index in [1.165, 1.54) is 18.2 Å². The average molecular weight is 265 g/mol. The fourth-order valence-corrected chi connectivity index (χ4v) is 3.15. The first-order valence-corrected chi connectivity index (χ1v) is 7.33. The summed E-state index contributed by atoms with van der Waals surface area (Å²) >= 11 is 1.18. The lowest BCUT2D eigenvalue weighted by molar-refractivity contribution is -0.129. The monoisotopic (exact) mass is 265 g/mol. The molecule has 0 aromatic rings. The van der Waals surface area contributed by atoms with Crippen LogP contribution >= 0.6 is 11.8 Å². The zero-order valence-corrected chi connectivity index (χ0v) is 11.4. The highest BCUT2D eigenvalue weighted by Gasteiger charge is 2.23. The van der Waals surface area contributed by atoms with Crippen molar-refractivity contribution in [3.05, 3.63) is 12.2 Å². The fraction of sp³-hybridized carbons (Fsp3) is 0.643. The Morgan fingerprint density at radius 2 is 1.94 bits per heavy atom. The Balaban J connectivity index is 2.33. The number of allylic oxidation sites excluding steroid dienone is 1. The fourth-order valence-electron chi connectivity index (χ4n) is 2.03. The third-order valence-electron chi connectivity index (χ3n) is 3.10. The summed E-state index contributed by atoms with van der Waals surface area (Å²) in [4.78, 5) is 23.5. The summed E-state index contributed by atoms with van der Waals surface area (Å²) in [6, 6.07) is 2.01. The van der Waals surface area contributed by atoms with Crippen LogP contribution in [-0.4, -0.2) is 16.1 Å². The van der Waals surface area contributed by atoms with Crippen molar-refractivity contribution in [2.24, 2.45) is 0 Å². The lowest BCUT2D eigenvalue weighted by Crippen LogP contribution is -2.18. The van der Waals surface area contributed by atoms with Crippen LogP contribution < -0.4 is 0 Å². The van der Waals surface area contributed by atoms with Crippen molar-refractivity contribution in [1.82, 2.24) is 0 Å². The summed E-state index contributed by atoms with van der Waals surface area (Å²) in [6.45, 7) is 3.65. The predicted molar refractivity (Wildman–Crippen MR) is 73.1 cm³/mol. The van der Waals surface area contributed by atoms with Gasteiger partial charge >= 0.3 is 0 Å². The molecular formula is C14H19NO2S. The molecule has 1 rings (SSSR count). The van der Waals surface area contributed by atoms with Crippen LogP contribution in [0.15, 0.2) is 12.2 Å². The maximum Gasteiger partial charge on any atom is 0.259 e. The van der Waals surface area contributed by atoms with E-state index >= 15 is 0 Å². The minimum Gasteiger partial charge on any atom is -0.285 e. The number of thioether (sulfide) groups is 1. The second kappa shape index (κ2) is 8.10. The summed E-state index contributed by atoms with van der Waals surface area (Å²) in [5.74, 6) is -0.455. The number of nitriles is 1. The maximum absolute atomic E-state index is 11.8. The van der Waals surface area contributed by atoms with Gasteiger partial charge < -0.3 is 0 Å². The number of carbonyl (C=O) groups excluding carboxylic acids is 2. The second-order valence-corrected chi connectivity index (χ2v) is 5.88. The number of Topliss-reactive ketones (excluding diaryl/α,β-unsaturated/α-hetero) is 1. The molecule has 1 saturated carbocycles. The lowest BCUT2D eigenvalue weighted by Gasteiger charge is -2.19. The van der Waals surface area contributed by atoms with E-state index in [4.69, 9.17) is 5.26 Å². The van der Waals surface area contributed by atoms with Crippen LogP contribution in [0.25, 0.3) is 0 Å². The van der Waals surface area contributed by atoms with E-state index in [0.717, 1.165) is 25.7 Å². The van der Waals surface area contributed by atoms with E-state index in [2.05, 4.69) is 6.58 Å². The zero-order chi connectivity index (χ0) is 13.4. The van der Waals surface area contributed by atoms with Crippen molar-refractivity contribution in [1.29, 1.82) is 5.26 Å². The molecule has 0 aromatic carbocycles. The first kappa shape index (κ1) is 15.0. The Kier molecular flexibility index (Phi) is 6.74. The topological polar surface area (TPSA) is 57.9 Å². The molecule has 0 aromatic heterocycles. The van der Waals surface area contributed by atoms with Gasteiger partial charge in [0.25, 0.3) is 5.12 Å². The Labute approximate surface area is 113 Å². The van der Waals surface area contributed by atoms with E-state index < -0.39 is 5.78 Å². The van der Waals surface area contributed by atoms with Gasteiger partial charge in [0.1, 0.15) is 0 Å².